The molecule has 0 saturated heterocycles. The van der Waals surface area contributed by atoms with Crippen molar-refractivity contribution in [3.8, 4) is 17.2 Å². The first-order valence-electron chi connectivity index (χ1n) is 7.50. The second-order valence-corrected chi connectivity index (χ2v) is 4.91. The van der Waals surface area contributed by atoms with Gasteiger partial charge in [0.2, 0.25) is 0 Å². The third-order valence-electron chi connectivity index (χ3n) is 3.42. The van der Waals surface area contributed by atoms with Gasteiger partial charge in [-0.1, -0.05) is 24.3 Å². The zero-order chi connectivity index (χ0) is 17.5. The molecule has 126 valence electrons. The van der Waals surface area contributed by atoms with Crippen molar-refractivity contribution in [1.82, 2.24) is 0 Å². The van der Waals surface area contributed by atoms with Gasteiger partial charge >= 0.3 is 5.97 Å². The number of carboxylic acid groups (broad SMARTS) is 1. The third-order valence-corrected chi connectivity index (χ3v) is 3.42. The molecular weight excluding hydrogens is 308 g/mol. The first-order valence-corrected chi connectivity index (χ1v) is 7.50. The maximum Gasteiger partial charge on any atom is 0.336 e. The molecule has 0 aliphatic rings. The molecule has 24 heavy (non-hydrogen) atoms. The number of carbonyl (C=O) groups is 1. The van der Waals surface area contributed by atoms with Gasteiger partial charge in [-0.2, -0.15) is 0 Å². The van der Waals surface area contributed by atoms with Crippen LogP contribution in [0, 0.1) is 0 Å². The summed E-state index contributed by atoms with van der Waals surface area (Å²) in [6, 6.07) is 12.3. The van der Waals surface area contributed by atoms with Gasteiger partial charge in [-0.25, -0.2) is 4.79 Å². The van der Waals surface area contributed by atoms with Gasteiger partial charge in [0.1, 0.15) is 5.75 Å². The fourth-order valence-electron chi connectivity index (χ4n) is 2.37. The smallest absolute Gasteiger partial charge is 0.336 e. The molecular formula is C19H20O5. The van der Waals surface area contributed by atoms with Gasteiger partial charge in [0.15, 0.2) is 11.5 Å². The number of rotatable bonds is 7. The van der Waals surface area contributed by atoms with Crippen LogP contribution in [0.1, 0.15) is 18.1 Å². The van der Waals surface area contributed by atoms with Crippen LogP contribution in [0.4, 0.5) is 0 Å². The highest BCUT2D eigenvalue weighted by Crippen LogP contribution is 2.33. The summed E-state index contributed by atoms with van der Waals surface area (Å²) >= 11 is 0. The summed E-state index contributed by atoms with van der Waals surface area (Å²) in [6.07, 6.45) is 1.56. The number of carboxylic acids is 1. The number of para-hydroxylation sites is 1. The number of hydrogen-bond acceptors (Lipinski definition) is 4. The van der Waals surface area contributed by atoms with Crippen molar-refractivity contribution in [1.29, 1.82) is 0 Å². The molecule has 0 heterocycles. The van der Waals surface area contributed by atoms with Crippen molar-refractivity contribution < 1.29 is 24.1 Å². The van der Waals surface area contributed by atoms with Crippen molar-refractivity contribution in [2.24, 2.45) is 0 Å². The fraction of sp³-hybridized carbons (Fsp3) is 0.211. The predicted octanol–water partition coefficient (Wildman–Crippen LogP) is 3.73. The van der Waals surface area contributed by atoms with Crippen molar-refractivity contribution >= 4 is 17.6 Å². The minimum Gasteiger partial charge on any atom is -0.494 e. The summed E-state index contributed by atoms with van der Waals surface area (Å²) in [4.78, 5) is 11.7. The van der Waals surface area contributed by atoms with E-state index in [1.54, 1.807) is 48.5 Å². The summed E-state index contributed by atoms with van der Waals surface area (Å²) in [5.74, 6) is 0.618. The Labute approximate surface area is 141 Å². The molecule has 0 aliphatic heterocycles. The minimum absolute atomic E-state index is 0.142. The van der Waals surface area contributed by atoms with E-state index in [2.05, 4.69) is 0 Å². The van der Waals surface area contributed by atoms with Crippen LogP contribution in [-0.2, 0) is 4.79 Å². The van der Waals surface area contributed by atoms with Gasteiger partial charge in [-0.3, -0.25) is 0 Å². The summed E-state index contributed by atoms with van der Waals surface area (Å²) in [7, 11) is 3.06. The Bertz CT molecular complexity index is 749. The lowest BCUT2D eigenvalue weighted by Gasteiger charge is -2.11. The van der Waals surface area contributed by atoms with Crippen LogP contribution in [-0.4, -0.2) is 31.9 Å². The highest BCUT2D eigenvalue weighted by molar-refractivity contribution is 6.21. The molecule has 1 N–H and O–H groups in total. The molecule has 0 aliphatic carbocycles. The van der Waals surface area contributed by atoms with Gasteiger partial charge < -0.3 is 19.3 Å². The molecule has 2 aromatic carbocycles. The van der Waals surface area contributed by atoms with E-state index in [1.807, 2.05) is 6.92 Å². The predicted molar refractivity (Wildman–Crippen MR) is 92.7 cm³/mol. The van der Waals surface area contributed by atoms with Crippen molar-refractivity contribution in [3.05, 3.63) is 53.6 Å². The van der Waals surface area contributed by atoms with E-state index in [4.69, 9.17) is 14.2 Å². The van der Waals surface area contributed by atoms with E-state index in [1.165, 1.54) is 14.2 Å². The Morgan fingerprint density at radius 2 is 1.88 bits per heavy atom. The number of benzene rings is 2. The lowest BCUT2D eigenvalue weighted by Crippen LogP contribution is -2.01. The van der Waals surface area contributed by atoms with Crippen LogP contribution in [0.3, 0.4) is 0 Å². The molecule has 0 radical (unpaired) electrons. The maximum absolute atomic E-state index is 11.7. The lowest BCUT2D eigenvalue weighted by molar-refractivity contribution is -0.130. The van der Waals surface area contributed by atoms with Gasteiger partial charge in [0.25, 0.3) is 0 Å². The molecule has 0 spiro atoms. The monoisotopic (exact) mass is 328 g/mol. The zero-order valence-corrected chi connectivity index (χ0v) is 13.9. The molecule has 0 unspecified atom stereocenters. The van der Waals surface area contributed by atoms with Gasteiger partial charge in [-0.05, 0) is 36.8 Å². The Morgan fingerprint density at radius 3 is 2.50 bits per heavy atom. The average molecular weight is 328 g/mol. The first kappa shape index (κ1) is 17.4. The number of aliphatic carboxylic acids is 1. The van der Waals surface area contributed by atoms with Crippen molar-refractivity contribution in [3.63, 3.8) is 0 Å². The highest BCUT2D eigenvalue weighted by Gasteiger charge is 2.14. The molecule has 0 atom stereocenters. The fourth-order valence-corrected chi connectivity index (χ4v) is 2.37. The standard InChI is InChI=1S/C19H20O5/c1-4-24-15-9-5-7-13(11-15)16(19(20)21)12-14-8-6-10-17(22-2)18(14)23-3/h5-12H,4H2,1-3H3,(H,20,21)/b16-12-. The Hall–Kier alpha value is -2.95. The van der Waals surface area contributed by atoms with Crippen LogP contribution in [0.2, 0.25) is 0 Å². The second-order valence-electron chi connectivity index (χ2n) is 4.91. The molecule has 0 bridgehead atoms. The third kappa shape index (κ3) is 3.87. The van der Waals surface area contributed by atoms with Crippen LogP contribution >= 0.6 is 0 Å². The molecule has 0 fully saturated rings. The summed E-state index contributed by atoms with van der Waals surface area (Å²) in [6.45, 7) is 2.39. The van der Waals surface area contributed by atoms with E-state index < -0.39 is 5.97 Å². The number of methoxy groups -OCH3 is 2. The molecule has 2 aromatic rings. The van der Waals surface area contributed by atoms with E-state index in [0.717, 1.165) is 0 Å². The molecule has 5 heteroatoms. The van der Waals surface area contributed by atoms with Gasteiger partial charge in [-0.15, -0.1) is 0 Å². The SMILES string of the molecule is CCOc1cccc(/C(=C/c2cccc(OC)c2OC)C(=O)O)c1. The van der Waals surface area contributed by atoms with Crippen molar-refractivity contribution in [2.45, 2.75) is 6.92 Å². The molecule has 0 aromatic heterocycles. The quantitative estimate of drug-likeness (QED) is 0.620. The van der Waals surface area contributed by atoms with Crippen LogP contribution in [0.15, 0.2) is 42.5 Å². The van der Waals surface area contributed by atoms with Gasteiger partial charge in [0, 0.05) is 5.56 Å². The molecule has 0 saturated carbocycles. The topological polar surface area (TPSA) is 65.0 Å². The average Bonchev–Trinajstić information content (AvgIpc) is 2.59. The summed E-state index contributed by atoms with van der Waals surface area (Å²) in [5.41, 5.74) is 1.32. The Morgan fingerprint density at radius 1 is 1.12 bits per heavy atom. The largest absolute Gasteiger partial charge is 0.494 e. The molecule has 0 amide bonds. The second kappa shape index (κ2) is 8.06. The maximum atomic E-state index is 11.7. The van der Waals surface area contributed by atoms with Gasteiger partial charge in [0.05, 0.1) is 26.4 Å². The van der Waals surface area contributed by atoms with E-state index in [9.17, 15) is 9.90 Å². The van der Waals surface area contributed by atoms with Crippen LogP contribution in [0.5, 0.6) is 17.2 Å². The summed E-state index contributed by atoms with van der Waals surface area (Å²) in [5, 5.41) is 9.62. The summed E-state index contributed by atoms with van der Waals surface area (Å²) < 4.78 is 16.1. The first-order chi connectivity index (χ1) is 11.6. The Kier molecular flexibility index (Phi) is 5.84. The van der Waals surface area contributed by atoms with Crippen molar-refractivity contribution in [2.75, 3.05) is 20.8 Å². The lowest BCUT2D eigenvalue weighted by atomic mass is 10.0. The number of ether oxygens (including phenoxy) is 3. The van der Waals surface area contributed by atoms with E-state index in [-0.39, 0.29) is 5.57 Å². The van der Waals surface area contributed by atoms with Crippen LogP contribution < -0.4 is 14.2 Å². The van der Waals surface area contributed by atoms with E-state index in [0.29, 0.717) is 35.0 Å². The Balaban J connectivity index is 2.54. The zero-order valence-electron chi connectivity index (χ0n) is 13.9. The normalized spacial score (nSPS) is 11.0. The minimum atomic E-state index is -1.03. The highest BCUT2D eigenvalue weighted by atomic mass is 16.5. The molecule has 2 rings (SSSR count). The van der Waals surface area contributed by atoms with E-state index >= 15 is 0 Å². The van der Waals surface area contributed by atoms with Crippen LogP contribution in [0.25, 0.3) is 11.6 Å². The number of hydrogen-bond donors (Lipinski definition) is 1. The molecule has 5 nitrogen and oxygen atoms in total.